The van der Waals surface area contributed by atoms with E-state index in [0.717, 1.165) is 0 Å². The lowest BCUT2D eigenvalue weighted by molar-refractivity contribution is 1.88. The van der Waals surface area contributed by atoms with Crippen LogP contribution in [0.1, 0.15) is 0 Å². The zero-order chi connectivity index (χ0) is 12.1. The quantitative estimate of drug-likeness (QED) is 0.300. The highest BCUT2D eigenvalue weighted by molar-refractivity contribution is 7.26. The van der Waals surface area contributed by atoms with Gasteiger partial charge in [-0.25, -0.2) is 0 Å². The minimum Gasteiger partial charge on any atom is -0.135 e. The van der Waals surface area contributed by atoms with E-state index >= 15 is 0 Å². The van der Waals surface area contributed by atoms with Crippen LogP contribution in [0.15, 0.2) is 48.5 Å². The van der Waals surface area contributed by atoms with Gasteiger partial charge in [-0.15, -0.1) is 11.3 Å². The zero-order valence-electron chi connectivity index (χ0n) is 10.0. The van der Waals surface area contributed by atoms with Gasteiger partial charge in [0.1, 0.15) is 0 Å². The third-order valence-electron chi connectivity index (χ3n) is 4.54. The van der Waals surface area contributed by atoms with Gasteiger partial charge in [0.25, 0.3) is 0 Å². The molecule has 1 heteroatoms. The molecule has 6 aromatic rings. The summed E-state index contributed by atoms with van der Waals surface area (Å²) in [6, 6.07) is 18.2. The van der Waals surface area contributed by atoms with Gasteiger partial charge in [0.15, 0.2) is 0 Å². The molecule has 0 atom stereocenters. The molecule has 0 amide bonds. The van der Waals surface area contributed by atoms with Crippen molar-refractivity contribution in [3.05, 3.63) is 48.5 Å². The highest BCUT2D eigenvalue weighted by Gasteiger charge is 2.20. The molecule has 0 aliphatic rings. The maximum atomic E-state index is 2.28. The van der Waals surface area contributed by atoms with Crippen LogP contribution >= 0.6 is 11.3 Å². The fraction of sp³-hybridized carbons (Fsp3) is 0. The van der Waals surface area contributed by atoms with Crippen molar-refractivity contribution in [2.24, 2.45) is 0 Å². The van der Waals surface area contributed by atoms with E-state index in [0.29, 0.717) is 0 Å². The van der Waals surface area contributed by atoms with Crippen LogP contribution in [0.2, 0.25) is 0 Å². The summed E-state index contributed by atoms with van der Waals surface area (Å²) < 4.78 is 2.86. The lowest BCUT2D eigenvalue weighted by Gasteiger charge is -2.05. The Hall–Kier alpha value is -2.12. The summed E-state index contributed by atoms with van der Waals surface area (Å²) in [6.07, 6.45) is 0. The molecule has 1 heterocycles. The van der Waals surface area contributed by atoms with Crippen molar-refractivity contribution in [2.45, 2.75) is 0 Å². The van der Waals surface area contributed by atoms with E-state index in [1.807, 2.05) is 11.3 Å². The highest BCUT2D eigenvalue weighted by atomic mass is 32.1. The Labute approximate surface area is 112 Å². The van der Waals surface area contributed by atoms with Gasteiger partial charge in [0.2, 0.25) is 0 Å². The molecule has 0 radical (unpaired) electrons. The Morgan fingerprint density at radius 2 is 0.789 bits per heavy atom. The molecule has 86 valence electrons. The van der Waals surface area contributed by atoms with E-state index < -0.39 is 0 Å². The Morgan fingerprint density at radius 1 is 0.421 bits per heavy atom. The van der Waals surface area contributed by atoms with Gasteiger partial charge in [-0.2, -0.15) is 0 Å². The zero-order valence-corrected chi connectivity index (χ0v) is 10.8. The lowest BCUT2D eigenvalue weighted by atomic mass is 10.0. The van der Waals surface area contributed by atoms with Gasteiger partial charge in [0, 0.05) is 20.2 Å². The smallest absolute Gasteiger partial charge is 0.0362 e. The molecule has 5 aromatic carbocycles. The Morgan fingerprint density at radius 3 is 1.26 bits per heavy atom. The van der Waals surface area contributed by atoms with Crippen LogP contribution in [0.25, 0.3) is 52.5 Å². The summed E-state index contributed by atoms with van der Waals surface area (Å²) in [7, 11) is 0. The molecular formula is C18H8S. The molecular weight excluding hydrogens is 248 g/mol. The van der Waals surface area contributed by atoms with Gasteiger partial charge in [-0.3, -0.25) is 0 Å². The molecule has 0 N–H and O–H groups in total. The van der Waals surface area contributed by atoms with Gasteiger partial charge in [0.05, 0.1) is 0 Å². The second kappa shape index (κ2) is 2.59. The fourth-order valence-electron chi connectivity index (χ4n) is 3.80. The van der Waals surface area contributed by atoms with Crippen molar-refractivity contribution >= 4 is 63.8 Å². The van der Waals surface area contributed by atoms with Crippen LogP contribution in [0.3, 0.4) is 0 Å². The molecule has 0 fully saturated rings. The van der Waals surface area contributed by atoms with Crippen LogP contribution < -0.4 is 0 Å². The molecule has 0 bridgehead atoms. The largest absolute Gasteiger partial charge is 0.135 e. The molecule has 1 aromatic heterocycles. The van der Waals surface area contributed by atoms with Gasteiger partial charge >= 0.3 is 0 Å². The first-order valence-electron chi connectivity index (χ1n) is 6.55. The summed E-state index contributed by atoms with van der Waals surface area (Å²) in [6.45, 7) is 0. The average molecular weight is 256 g/mol. The van der Waals surface area contributed by atoms with Gasteiger partial charge in [-0.1, -0.05) is 36.4 Å². The van der Waals surface area contributed by atoms with E-state index in [1.54, 1.807) is 0 Å². The van der Waals surface area contributed by atoms with Crippen molar-refractivity contribution < 1.29 is 0 Å². The third-order valence-corrected chi connectivity index (χ3v) is 5.66. The predicted molar refractivity (Wildman–Crippen MR) is 85.4 cm³/mol. The molecule has 19 heavy (non-hydrogen) atoms. The fourth-order valence-corrected chi connectivity index (χ4v) is 4.92. The van der Waals surface area contributed by atoms with Crippen LogP contribution in [0, 0.1) is 0 Å². The number of hydrogen-bond acceptors (Lipinski definition) is 1. The first-order chi connectivity index (χ1) is 9.42. The maximum Gasteiger partial charge on any atom is 0.0362 e. The van der Waals surface area contributed by atoms with E-state index in [-0.39, 0.29) is 0 Å². The van der Waals surface area contributed by atoms with E-state index in [4.69, 9.17) is 0 Å². The Balaban J connectivity index is 2.30. The number of benzene rings is 4. The van der Waals surface area contributed by atoms with Crippen LogP contribution in [-0.2, 0) is 0 Å². The lowest BCUT2D eigenvalue weighted by Crippen LogP contribution is -1.77. The second-order valence-corrected chi connectivity index (χ2v) is 6.49. The summed E-state index contributed by atoms with van der Waals surface area (Å²) in [4.78, 5) is 0. The topological polar surface area (TPSA) is 0 Å². The van der Waals surface area contributed by atoms with E-state index in [9.17, 15) is 0 Å². The van der Waals surface area contributed by atoms with Crippen molar-refractivity contribution in [3.63, 3.8) is 0 Å². The molecule has 0 aliphatic heterocycles. The van der Waals surface area contributed by atoms with Crippen molar-refractivity contribution in [1.82, 2.24) is 0 Å². The highest BCUT2D eigenvalue weighted by Crippen LogP contribution is 2.50. The van der Waals surface area contributed by atoms with E-state index in [1.165, 1.54) is 52.5 Å². The SMILES string of the molecule is c1cc2ccc3sc4ccc5ccc1c1c2c3c4c51. The van der Waals surface area contributed by atoms with Gasteiger partial charge in [-0.05, 0) is 44.5 Å². The summed E-state index contributed by atoms with van der Waals surface area (Å²) in [5, 5.41) is 11.6. The molecule has 0 spiro atoms. The summed E-state index contributed by atoms with van der Waals surface area (Å²) >= 11 is 1.93. The Bertz CT molecular complexity index is 1020. The third kappa shape index (κ3) is 0.799. The standard InChI is InChI=1S/C18H8S/c1-3-10-5-7-12-17-15(10)14-9(1)2-4-11-6-8-13(19-12)18(17)16(11)14/h1-8H. The predicted octanol–water partition coefficient (Wildman–Crippen LogP) is 5.83. The number of rotatable bonds is 0. The minimum atomic E-state index is 1.38. The average Bonchev–Trinajstić information content (AvgIpc) is 3.01. The van der Waals surface area contributed by atoms with E-state index in [2.05, 4.69) is 48.5 Å². The molecule has 0 nitrogen and oxygen atoms in total. The molecule has 0 unspecified atom stereocenters. The molecule has 0 saturated carbocycles. The molecule has 0 aliphatic carbocycles. The van der Waals surface area contributed by atoms with Crippen LogP contribution in [-0.4, -0.2) is 0 Å². The van der Waals surface area contributed by atoms with Gasteiger partial charge < -0.3 is 0 Å². The molecule has 6 rings (SSSR count). The molecule has 0 saturated heterocycles. The van der Waals surface area contributed by atoms with Crippen LogP contribution in [0.4, 0.5) is 0 Å². The van der Waals surface area contributed by atoms with Crippen molar-refractivity contribution in [2.75, 3.05) is 0 Å². The summed E-state index contributed by atoms with van der Waals surface area (Å²) in [5.41, 5.74) is 0. The Kier molecular flexibility index (Phi) is 1.21. The van der Waals surface area contributed by atoms with Crippen molar-refractivity contribution in [1.29, 1.82) is 0 Å². The van der Waals surface area contributed by atoms with Crippen molar-refractivity contribution in [3.8, 4) is 0 Å². The summed E-state index contributed by atoms with van der Waals surface area (Å²) in [5.74, 6) is 0. The second-order valence-electron chi connectivity index (χ2n) is 5.40. The first-order valence-corrected chi connectivity index (χ1v) is 7.37. The normalized spacial score (nSPS) is 13.3. The van der Waals surface area contributed by atoms with Crippen LogP contribution in [0.5, 0.6) is 0 Å². The minimum absolute atomic E-state index is 1.38. The maximum absolute atomic E-state index is 2.28. The first kappa shape index (κ1) is 8.89. The number of hydrogen-bond donors (Lipinski definition) is 0. The monoisotopic (exact) mass is 256 g/mol. The number of thiophene rings is 1.